The second kappa shape index (κ2) is 14.1. The van der Waals surface area contributed by atoms with E-state index in [9.17, 15) is 0 Å². The van der Waals surface area contributed by atoms with Crippen LogP contribution in [0.3, 0.4) is 0 Å². The van der Waals surface area contributed by atoms with Crippen molar-refractivity contribution in [3.05, 3.63) is 28.7 Å². The molecule has 81 valence electrons. The summed E-state index contributed by atoms with van der Waals surface area (Å²) in [4.78, 5) is 0.883. The maximum absolute atomic E-state index is 4.85. The van der Waals surface area contributed by atoms with Gasteiger partial charge in [0.15, 0.2) is 0 Å². The van der Waals surface area contributed by atoms with Gasteiger partial charge in [-0.3, -0.25) is 23.5 Å². The summed E-state index contributed by atoms with van der Waals surface area (Å²) in [6.45, 7) is 0. The van der Waals surface area contributed by atoms with Gasteiger partial charge in [0.05, 0.1) is 0 Å². The van der Waals surface area contributed by atoms with Gasteiger partial charge in [0, 0.05) is 9.37 Å². The van der Waals surface area contributed by atoms with Gasteiger partial charge in [-0.2, -0.15) is 0 Å². The molecular formula is C6H9BrF5S. The van der Waals surface area contributed by atoms with Crippen LogP contribution < -0.4 is 0 Å². The summed E-state index contributed by atoms with van der Waals surface area (Å²) in [5, 5.41) is 0. The summed E-state index contributed by atoms with van der Waals surface area (Å²) in [5.41, 5.74) is 0. The zero-order valence-electron chi connectivity index (χ0n) is 6.14. The highest BCUT2D eigenvalue weighted by atomic mass is 79.9. The minimum absolute atomic E-state index is 0. The van der Waals surface area contributed by atoms with Crippen LogP contribution in [0.5, 0.6) is 0 Å². The maximum atomic E-state index is 4.85. The van der Waals surface area contributed by atoms with Gasteiger partial charge in [-0.25, -0.2) is 0 Å². The first-order valence-electron chi connectivity index (χ1n) is 2.21. The van der Waals surface area contributed by atoms with Gasteiger partial charge in [0.2, 0.25) is 0 Å². The number of benzene rings is 1. The number of halogens is 6. The predicted octanol–water partition coefficient (Wildman–Crippen LogP) is 3.77. The average Bonchev–Trinajstić information content (AvgIpc) is 1.77. The van der Waals surface area contributed by atoms with Crippen LogP contribution >= 0.6 is 28.6 Å². The molecule has 1 aromatic carbocycles. The Kier molecular flexibility index (Phi) is 31.9. The van der Waals surface area contributed by atoms with Crippen molar-refractivity contribution in [3.8, 4) is 0 Å². The molecule has 0 heterocycles. The minimum atomic E-state index is 0. The van der Waals surface area contributed by atoms with Gasteiger partial charge in [-0.1, -0.05) is 28.6 Å². The zero-order valence-corrected chi connectivity index (χ0v) is 8.54. The van der Waals surface area contributed by atoms with Crippen LogP contribution in [0.25, 0.3) is 0 Å². The molecule has 0 unspecified atom stereocenters. The summed E-state index contributed by atoms with van der Waals surface area (Å²) in [7, 11) is 0. The summed E-state index contributed by atoms with van der Waals surface area (Å²) in [6.07, 6.45) is 0. The fourth-order valence-corrected chi connectivity index (χ4v) is 0.835. The highest BCUT2D eigenvalue weighted by molar-refractivity contribution is 9.10. The second-order valence-corrected chi connectivity index (χ2v) is 2.84. The van der Waals surface area contributed by atoms with Crippen LogP contribution in [-0.2, 0) is 0 Å². The van der Waals surface area contributed by atoms with Gasteiger partial charge in [0.1, 0.15) is 0 Å². The Hall–Kier alpha value is -0.430. The first-order chi connectivity index (χ1) is 3.79. The minimum Gasteiger partial charge on any atom is -0.269 e. The lowest BCUT2D eigenvalue weighted by atomic mass is 10.4. The fraction of sp³-hybridized carbons (Fsp3) is 0. The molecule has 1 rings (SSSR count). The van der Waals surface area contributed by atoms with E-state index in [0.29, 0.717) is 0 Å². The van der Waals surface area contributed by atoms with E-state index in [1.807, 2.05) is 24.3 Å². The first kappa shape index (κ1) is 29.4. The summed E-state index contributed by atoms with van der Waals surface area (Å²) in [5.74, 6) is 0. The maximum Gasteiger partial charge on any atom is 0.0377 e. The molecule has 0 aliphatic carbocycles. The Bertz CT molecular complexity index is 160. The number of hydrogen-bond acceptors (Lipinski definition) is 0. The monoisotopic (exact) mass is 287 g/mol. The van der Waals surface area contributed by atoms with Gasteiger partial charge in [-0.15, -0.1) is 0 Å². The quantitative estimate of drug-likeness (QED) is 0.637. The van der Waals surface area contributed by atoms with Gasteiger partial charge < -0.3 is 0 Å². The predicted molar refractivity (Wildman–Crippen MR) is 52.5 cm³/mol. The number of hydrogen-bond donors (Lipinski definition) is 0. The third kappa shape index (κ3) is 11.6. The molecule has 0 aromatic heterocycles. The van der Waals surface area contributed by atoms with Crippen LogP contribution in [0.2, 0.25) is 0 Å². The van der Waals surface area contributed by atoms with E-state index >= 15 is 0 Å². The van der Waals surface area contributed by atoms with E-state index in [2.05, 4.69) is 15.9 Å². The largest absolute Gasteiger partial charge is 0.269 e. The standard InChI is InChI=1S/C6H4BrS.5FH/c7-5-1-3-6(8)4-2-5;;;;;/h1-4H;5*1H. The molecule has 13 heavy (non-hydrogen) atoms. The van der Waals surface area contributed by atoms with Crippen LogP contribution in [0.15, 0.2) is 33.6 Å². The Balaban J connectivity index is -0.0000000427. The molecule has 0 saturated carbocycles. The van der Waals surface area contributed by atoms with Crippen molar-refractivity contribution >= 4 is 28.6 Å². The van der Waals surface area contributed by atoms with E-state index in [0.717, 1.165) is 9.37 Å². The third-order valence-electron chi connectivity index (χ3n) is 0.814. The normalized spacial score (nSPS) is 5.62. The highest BCUT2D eigenvalue weighted by Crippen LogP contribution is 2.11. The van der Waals surface area contributed by atoms with Crippen molar-refractivity contribution in [2.75, 3.05) is 0 Å². The summed E-state index contributed by atoms with van der Waals surface area (Å²) in [6, 6.07) is 7.64. The Morgan fingerprint density at radius 1 is 0.769 bits per heavy atom. The summed E-state index contributed by atoms with van der Waals surface area (Å²) >= 11 is 8.15. The molecule has 0 spiro atoms. The molecule has 0 fully saturated rings. The van der Waals surface area contributed by atoms with Crippen LogP contribution in [0.1, 0.15) is 0 Å². The van der Waals surface area contributed by atoms with Crippen LogP contribution in [-0.4, -0.2) is 0 Å². The Morgan fingerprint density at radius 2 is 1.08 bits per heavy atom. The van der Waals surface area contributed by atoms with Gasteiger partial charge >= 0.3 is 0 Å². The van der Waals surface area contributed by atoms with Crippen molar-refractivity contribution in [3.63, 3.8) is 0 Å². The second-order valence-electron chi connectivity index (χ2n) is 1.45. The molecule has 7 heteroatoms. The lowest BCUT2D eigenvalue weighted by Crippen LogP contribution is -1.62. The van der Waals surface area contributed by atoms with Gasteiger partial charge in [0.25, 0.3) is 0 Å². The fourth-order valence-electron chi connectivity index (χ4n) is 0.435. The molecule has 0 amide bonds. The molecule has 1 aromatic rings. The molecule has 0 nitrogen and oxygen atoms in total. The molecule has 0 atom stereocenters. The molecule has 0 bridgehead atoms. The summed E-state index contributed by atoms with van der Waals surface area (Å²) < 4.78 is 1.08. The van der Waals surface area contributed by atoms with Gasteiger partial charge in [-0.05, 0) is 24.3 Å². The topological polar surface area (TPSA) is 0 Å². The van der Waals surface area contributed by atoms with Crippen molar-refractivity contribution in [2.45, 2.75) is 4.90 Å². The third-order valence-corrected chi connectivity index (χ3v) is 1.61. The molecular weight excluding hydrogens is 279 g/mol. The van der Waals surface area contributed by atoms with E-state index in [4.69, 9.17) is 12.6 Å². The zero-order chi connectivity index (χ0) is 5.98. The van der Waals surface area contributed by atoms with E-state index in [-0.39, 0.29) is 23.5 Å². The molecule has 0 aliphatic heterocycles. The highest BCUT2D eigenvalue weighted by Gasteiger charge is 1.83. The van der Waals surface area contributed by atoms with E-state index < -0.39 is 0 Å². The molecule has 0 saturated heterocycles. The van der Waals surface area contributed by atoms with Crippen molar-refractivity contribution in [1.29, 1.82) is 0 Å². The Morgan fingerprint density at radius 3 is 1.31 bits per heavy atom. The smallest absolute Gasteiger partial charge is 0.0377 e. The lowest BCUT2D eigenvalue weighted by molar-refractivity contribution is 1.11. The van der Waals surface area contributed by atoms with E-state index in [1.54, 1.807) is 0 Å². The van der Waals surface area contributed by atoms with Crippen LogP contribution in [0.4, 0.5) is 23.5 Å². The SMILES string of the molecule is F.F.F.F.F.[S]c1ccc(Br)cc1. The Labute approximate surface area is 86.1 Å². The van der Waals surface area contributed by atoms with E-state index in [1.165, 1.54) is 0 Å². The molecule has 1 radical (unpaired) electrons. The lowest BCUT2D eigenvalue weighted by Gasteiger charge is -1.86. The number of rotatable bonds is 0. The van der Waals surface area contributed by atoms with Crippen molar-refractivity contribution in [1.82, 2.24) is 0 Å². The van der Waals surface area contributed by atoms with Crippen molar-refractivity contribution < 1.29 is 23.5 Å². The van der Waals surface area contributed by atoms with Crippen LogP contribution in [0, 0.1) is 0 Å². The molecule has 0 aliphatic rings. The average molecular weight is 288 g/mol. The van der Waals surface area contributed by atoms with Crippen molar-refractivity contribution in [2.24, 2.45) is 0 Å². The first-order valence-corrected chi connectivity index (χ1v) is 3.42. The molecule has 0 N–H and O–H groups in total.